The molecule has 0 saturated heterocycles. The lowest BCUT2D eigenvalue weighted by atomic mass is 9.98. The lowest BCUT2D eigenvalue weighted by Crippen LogP contribution is -2.21. The first-order valence-corrected chi connectivity index (χ1v) is 7.17. The van der Waals surface area contributed by atoms with Crippen molar-refractivity contribution in [1.82, 2.24) is 10.3 Å². The molecule has 0 fully saturated rings. The Labute approximate surface area is 126 Å². The van der Waals surface area contributed by atoms with E-state index in [-0.39, 0.29) is 6.04 Å². The molecule has 3 rings (SSSR count). The van der Waals surface area contributed by atoms with Crippen LogP contribution in [-0.4, -0.2) is 11.5 Å². The second kappa shape index (κ2) is 5.76. The Morgan fingerprint density at radius 2 is 1.90 bits per heavy atom. The van der Waals surface area contributed by atoms with Crippen LogP contribution in [0.3, 0.4) is 0 Å². The number of rotatable bonds is 4. The van der Waals surface area contributed by atoms with Gasteiger partial charge in [0.1, 0.15) is 0 Å². The maximum absolute atomic E-state index is 11.3. The van der Waals surface area contributed by atoms with E-state index in [1.54, 1.807) is 0 Å². The van der Waals surface area contributed by atoms with E-state index in [2.05, 4.69) is 17.2 Å². The largest absolute Gasteiger partial charge is 0.417 e. The van der Waals surface area contributed by atoms with Crippen LogP contribution in [0, 0.1) is 0 Å². The number of halogens is 1. The molecule has 0 aliphatic rings. The molecule has 0 spiro atoms. The molecule has 2 N–H and O–H groups in total. The van der Waals surface area contributed by atoms with Crippen molar-refractivity contribution in [3.05, 3.63) is 69.2 Å². The van der Waals surface area contributed by atoms with E-state index in [0.717, 1.165) is 17.7 Å². The van der Waals surface area contributed by atoms with Crippen LogP contribution in [0.2, 0.25) is 5.02 Å². The van der Waals surface area contributed by atoms with E-state index < -0.39 is 5.76 Å². The highest BCUT2D eigenvalue weighted by molar-refractivity contribution is 6.30. The van der Waals surface area contributed by atoms with Crippen molar-refractivity contribution in [3.63, 3.8) is 0 Å². The lowest BCUT2D eigenvalue weighted by Gasteiger charge is -2.19. The van der Waals surface area contributed by atoms with Crippen LogP contribution in [0.5, 0.6) is 0 Å². The fourth-order valence-corrected chi connectivity index (χ4v) is 2.56. The zero-order valence-corrected chi connectivity index (χ0v) is 12.3. The number of hydrogen-bond donors (Lipinski definition) is 2. The first-order chi connectivity index (χ1) is 10.2. The van der Waals surface area contributed by atoms with E-state index >= 15 is 0 Å². The summed E-state index contributed by atoms with van der Waals surface area (Å²) >= 11 is 5.95. The molecule has 108 valence electrons. The smallest absolute Gasteiger partial charge is 0.408 e. The summed E-state index contributed by atoms with van der Waals surface area (Å²) in [6.45, 7) is 2.88. The van der Waals surface area contributed by atoms with E-state index in [9.17, 15) is 4.79 Å². The topological polar surface area (TPSA) is 58.0 Å². The van der Waals surface area contributed by atoms with Crippen LogP contribution >= 0.6 is 11.6 Å². The summed E-state index contributed by atoms with van der Waals surface area (Å²) in [4.78, 5) is 13.9. The van der Waals surface area contributed by atoms with Crippen LogP contribution in [0.1, 0.15) is 24.1 Å². The third kappa shape index (κ3) is 2.86. The van der Waals surface area contributed by atoms with Gasteiger partial charge in [-0.1, -0.05) is 36.7 Å². The number of benzene rings is 2. The quantitative estimate of drug-likeness (QED) is 0.776. The van der Waals surface area contributed by atoms with Crippen molar-refractivity contribution < 1.29 is 4.42 Å². The highest BCUT2D eigenvalue weighted by atomic mass is 35.5. The molecule has 2 aromatic carbocycles. The lowest BCUT2D eigenvalue weighted by molar-refractivity contribution is 0.553. The molecule has 0 saturated carbocycles. The molecule has 1 heterocycles. The SMILES string of the molecule is CCNC(c1ccc(Cl)cc1)c1ccc2[nH]c(=O)oc2c1. The van der Waals surface area contributed by atoms with Gasteiger partial charge in [-0.2, -0.15) is 0 Å². The Morgan fingerprint density at radius 1 is 1.19 bits per heavy atom. The Morgan fingerprint density at radius 3 is 2.62 bits per heavy atom. The van der Waals surface area contributed by atoms with Gasteiger partial charge < -0.3 is 9.73 Å². The monoisotopic (exact) mass is 302 g/mol. The minimum absolute atomic E-state index is 0.0249. The van der Waals surface area contributed by atoms with E-state index in [1.807, 2.05) is 42.5 Å². The summed E-state index contributed by atoms with van der Waals surface area (Å²) in [5.74, 6) is -0.436. The van der Waals surface area contributed by atoms with Crippen molar-refractivity contribution in [3.8, 4) is 0 Å². The standard InChI is InChI=1S/C16H15ClN2O2/c1-2-18-15(10-3-6-12(17)7-4-10)11-5-8-13-14(9-11)21-16(20)19-13/h3-9,15,18H,2H2,1H3,(H,19,20). The molecule has 0 amide bonds. The molecule has 3 aromatic rings. The van der Waals surface area contributed by atoms with Gasteiger partial charge in [0.05, 0.1) is 11.6 Å². The summed E-state index contributed by atoms with van der Waals surface area (Å²) in [7, 11) is 0. The molecular weight excluding hydrogens is 288 g/mol. The summed E-state index contributed by atoms with van der Waals surface area (Å²) in [6, 6.07) is 13.5. The van der Waals surface area contributed by atoms with E-state index in [0.29, 0.717) is 16.1 Å². The fourth-order valence-electron chi connectivity index (χ4n) is 2.43. The Bertz CT molecular complexity index is 805. The van der Waals surface area contributed by atoms with Gasteiger partial charge in [-0.05, 0) is 41.9 Å². The van der Waals surface area contributed by atoms with Gasteiger partial charge in [0.15, 0.2) is 5.58 Å². The van der Waals surface area contributed by atoms with Crippen LogP contribution in [0.15, 0.2) is 51.7 Å². The van der Waals surface area contributed by atoms with Gasteiger partial charge in [-0.3, -0.25) is 4.98 Å². The number of nitrogens with one attached hydrogen (secondary N) is 2. The predicted molar refractivity (Wildman–Crippen MR) is 83.8 cm³/mol. The average molecular weight is 303 g/mol. The van der Waals surface area contributed by atoms with Crippen LogP contribution in [0.25, 0.3) is 11.1 Å². The van der Waals surface area contributed by atoms with Crippen molar-refractivity contribution >= 4 is 22.7 Å². The van der Waals surface area contributed by atoms with E-state index in [1.165, 1.54) is 0 Å². The molecule has 5 heteroatoms. The maximum Gasteiger partial charge on any atom is 0.417 e. The summed E-state index contributed by atoms with van der Waals surface area (Å²) in [5, 5.41) is 4.14. The zero-order chi connectivity index (χ0) is 14.8. The van der Waals surface area contributed by atoms with Crippen molar-refractivity contribution in [2.45, 2.75) is 13.0 Å². The first-order valence-electron chi connectivity index (χ1n) is 6.79. The molecule has 0 aliphatic carbocycles. The minimum Gasteiger partial charge on any atom is -0.408 e. The normalized spacial score (nSPS) is 12.7. The number of aromatic nitrogens is 1. The molecular formula is C16H15ClN2O2. The number of oxazole rings is 1. The van der Waals surface area contributed by atoms with Crippen LogP contribution in [-0.2, 0) is 0 Å². The summed E-state index contributed by atoms with van der Waals surface area (Å²) < 4.78 is 5.13. The van der Waals surface area contributed by atoms with Crippen LogP contribution in [0.4, 0.5) is 0 Å². The molecule has 4 nitrogen and oxygen atoms in total. The number of hydrogen-bond acceptors (Lipinski definition) is 3. The maximum atomic E-state index is 11.3. The Kier molecular flexibility index (Phi) is 3.82. The highest BCUT2D eigenvalue weighted by Gasteiger charge is 2.14. The molecule has 0 radical (unpaired) electrons. The second-order valence-electron chi connectivity index (χ2n) is 4.81. The van der Waals surface area contributed by atoms with Crippen LogP contribution < -0.4 is 11.1 Å². The second-order valence-corrected chi connectivity index (χ2v) is 5.25. The third-order valence-electron chi connectivity index (χ3n) is 3.39. The summed E-state index contributed by atoms with van der Waals surface area (Å²) in [5.41, 5.74) is 3.41. The average Bonchev–Trinajstić information content (AvgIpc) is 2.85. The minimum atomic E-state index is -0.436. The number of fused-ring (bicyclic) bond motifs is 1. The van der Waals surface area contributed by atoms with Crippen molar-refractivity contribution in [1.29, 1.82) is 0 Å². The Balaban J connectivity index is 2.05. The van der Waals surface area contributed by atoms with Gasteiger partial charge in [0.25, 0.3) is 0 Å². The predicted octanol–water partition coefficient (Wildman–Crippen LogP) is 3.47. The molecule has 0 bridgehead atoms. The van der Waals surface area contributed by atoms with Gasteiger partial charge in [-0.25, -0.2) is 4.79 Å². The molecule has 0 aliphatic heterocycles. The van der Waals surface area contributed by atoms with Crippen molar-refractivity contribution in [2.24, 2.45) is 0 Å². The van der Waals surface area contributed by atoms with Gasteiger partial charge in [-0.15, -0.1) is 0 Å². The number of H-pyrrole nitrogens is 1. The van der Waals surface area contributed by atoms with E-state index in [4.69, 9.17) is 16.0 Å². The summed E-state index contributed by atoms with van der Waals surface area (Å²) in [6.07, 6.45) is 0. The number of aromatic amines is 1. The zero-order valence-electron chi connectivity index (χ0n) is 11.5. The highest BCUT2D eigenvalue weighted by Crippen LogP contribution is 2.25. The molecule has 1 unspecified atom stereocenters. The van der Waals surface area contributed by atoms with Crippen molar-refractivity contribution in [2.75, 3.05) is 6.54 Å². The van der Waals surface area contributed by atoms with Gasteiger partial charge in [0, 0.05) is 5.02 Å². The fraction of sp³-hybridized carbons (Fsp3) is 0.188. The Hall–Kier alpha value is -2.04. The first kappa shape index (κ1) is 13.9. The molecule has 1 atom stereocenters. The molecule has 21 heavy (non-hydrogen) atoms. The molecule has 1 aromatic heterocycles. The van der Waals surface area contributed by atoms with Gasteiger partial charge >= 0.3 is 5.76 Å². The third-order valence-corrected chi connectivity index (χ3v) is 3.64. The van der Waals surface area contributed by atoms with Gasteiger partial charge in [0.2, 0.25) is 0 Å².